The third-order valence-corrected chi connectivity index (χ3v) is 4.00. The minimum Gasteiger partial charge on any atom is -0.478 e. The average molecular weight is 283 g/mol. The van der Waals surface area contributed by atoms with Crippen LogP contribution in [0.4, 0.5) is 5.69 Å². The number of carboxylic acid groups (broad SMARTS) is 1. The van der Waals surface area contributed by atoms with Crippen LogP contribution in [0, 0.1) is 0 Å². The van der Waals surface area contributed by atoms with Gasteiger partial charge in [-0.25, -0.2) is 4.79 Å². The van der Waals surface area contributed by atoms with Gasteiger partial charge < -0.3 is 10.0 Å². The van der Waals surface area contributed by atoms with Crippen molar-refractivity contribution in [3.8, 4) is 0 Å². The van der Waals surface area contributed by atoms with Gasteiger partial charge in [-0.15, -0.1) is 0 Å². The van der Waals surface area contributed by atoms with Gasteiger partial charge in [-0.1, -0.05) is 6.07 Å². The van der Waals surface area contributed by atoms with E-state index in [0.717, 1.165) is 36.3 Å². The van der Waals surface area contributed by atoms with E-state index >= 15 is 0 Å². The molecule has 0 aliphatic carbocycles. The number of fused-ring (bicyclic) bond motifs is 1. The van der Waals surface area contributed by atoms with Gasteiger partial charge in [-0.2, -0.15) is 0 Å². The molecule has 21 heavy (non-hydrogen) atoms. The number of benzene rings is 1. The van der Waals surface area contributed by atoms with Gasteiger partial charge in [0.25, 0.3) is 0 Å². The van der Waals surface area contributed by atoms with Crippen molar-refractivity contribution in [1.82, 2.24) is 9.97 Å². The molecule has 1 aromatic carbocycles. The molecule has 2 aromatic rings. The van der Waals surface area contributed by atoms with Crippen molar-refractivity contribution in [1.29, 1.82) is 0 Å². The van der Waals surface area contributed by atoms with Crippen LogP contribution in [0.2, 0.25) is 0 Å². The fourth-order valence-corrected chi connectivity index (χ4v) is 2.94. The second-order valence-electron chi connectivity index (χ2n) is 5.21. The fraction of sp³-hybridized carbons (Fsp3) is 0.312. The van der Waals surface area contributed by atoms with Crippen LogP contribution >= 0.6 is 0 Å². The summed E-state index contributed by atoms with van der Waals surface area (Å²) in [5, 5.41) is 9.34. The van der Waals surface area contributed by atoms with Crippen LogP contribution in [0.1, 0.15) is 41.0 Å². The summed E-state index contributed by atoms with van der Waals surface area (Å²) in [4.78, 5) is 22.1. The number of rotatable bonds is 3. The maximum atomic E-state index is 11.4. The van der Waals surface area contributed by atoms with Crippen molar-refractivity contribution >= 4 is 11.7 Å². The molecule has 2 heterocycles. The Morgan fingerprint density at radius 3 is 2.95 bits per heavy atom. The maximum absolute atomic E-state index is 11.4. The zero-order valence-corrected chi connectivity index (χ0v) is 11.9. The quantitative estimate of drug-likeness (QED) is 0.938. The Bertz CT molecular complexity index is 658. The van der Waals surface area contributed by atoms with E-state index in [1.165, 1.54) is 0 Å². The molecule has 0 spiro atoms. The highest BCUT2D eigenvalue weighted by molar-refractivity contribution is 5.91. The summed E-state index contributed by atoms with van der Waals surface area (Å²) in [6.45, 7) is 2.97. The third-order valence-electron chi connectivity index (χ3n) is 4.00. The lowest BCUT2D eigenvalue weighted by molar-refractivity contribution is 0.0695. The van der Waals surface area contributed by atoms with E-state index < -0.39 is 5.97 Å². The lowest BCUT2D eigenvalue weighted by Gasteiger charge is -2.36. The van der Waals surface area contributed by atoms with Crippen LogP contribution in [0.3, 0.4) is 0 Å². The van der Waals surface area contributed by atoms with Gasteiger partial charge in [-0.05, 0) is 37.5 Å². The number of hydrogen-bond donors (Lipinski definition) is 1. The van der Waals surface area contributed by atoms with Crippen molar-refractivity contribution in [3.05, 3.63) is 53.6 Å². The van der Waals surface area contributed by atoms with Crippen molar-refractivity contribution in [2.45, 2.75) is 25.8 Å². The van der Waals surface area contributed by atoms with Crippen molar-refractivity contribution < 1.29 is 9.90 Å². The van der Waals surface area contributed by atoms with E-state index in [0.29, 0.717) is 5.56 Å². The monoisotopic (exact) mass is 283 g/mol. The molecule has 1 unspecified atom stereocenters. The van der Waals surface area contributed by atoms with E-state index in [2.05, 4.69) is 21.8 Å². The average Bonchev–Trinajstić information content (AvgIpc) is 2.53. The Labute approximate surface area is 123 Å². The molecular formula is C16H17N3O2. The van der Waals surface area contributed by atoms with E-state index in [9.17, 15) is 9.90 Å². The summed E-state index contributed by atoms with van der Waals surface area (Å²) in [6, 6.07) is 5.55. The Hall–Kier alpha value is -2.43. The lowest BCUT2D eigenvalue weighted by Crippen LogP contribution is -2.33. The Kier molecular flexibility index (Phi) is 3.56. The van der Waals surface area contributed by atoms with Gasteiger partial charge in [0.15, 0.2) is 0 Å². The standard InChI is InChI=1S/C16H17N3O2/c1-11(14-10-17-7-8-18-14)19-9-3-5-12-13(16(20)21)4-2-6-15(12)19/h2,4,6-8,10-11H,3,5,9H2,1H3,(H,20,21). The lowest BCUT2D eigenvalue weighted by atomic mass is 9.95. The van der Waals surface area contributed by atoms with Crippen molar-refractivity contribution in [3.63, 3.8) is 0 Å². The Morgan fingerprint density at radius 1 is 1.38 bits per heavy atom. The predicted octanol–water partition coefficient (Wildman–Crippen LogP) is 2.69. The number of aromatic nitrogens is 2. The third kappa shape index (κ3) is 2.46. The van der Waals surface area contributed by atoms with E-state index in [1.54, 1.807) is 24.7 Å². The van der Waals surface area contributed by atoms with Gasteiger partial charge in [0.1, 0.15) is 0 Å². The molecule has 1 N–H and O–H groups in total. The summed E-state index contributed by atoms with van der Waals surface area (Å²) < 4.78 is 0. The highest BCUT2D eigenvalue weighted by Gasteiger charge is 2.26. The predicted molar refractivity (Wildman–Crippen MR) is 79.5 cm³/mol. The molecule has 0 saturated carbocycles. The molecule has 1 atom stereocenters. The van der Waals surface area contributed by atoms with Gasteiger partial charge >= 0.3 is 5.97 Å². The smallest absolute Gasteiger partial charge is 0.336 e. The molecule has 0 bridgehead atoms. The van der Waals surface area contributed by atoms with Crippen LogP contribution < -0.4 is 4.90 Å². The van der Waals surface area contributed by atoms with Crippen molar-refractivity contribution in [2.24, 2.45) is 0 Å². The number of nitrogens with zero attached hydrogens (tertiary/aromatic N) is 3. The van der Waals surface area contributed by atoms with E-state index in [-0.39, 0.29) is 6.04 Å². The first-order valence-corrected chi connectivity index (χ1v) is 7.06. The molecule has 3 rings (SSSR count). The summed E-state index contributed by atoms with van der Waals surface area (Å²) in [5.41, 5.74) is 3.22. The summed E-state index contributed by atoms with van der Waals surface area (Å²) in [5.74, 6) is -0.860. The van der Waals surface area contributed by atoms with Gasteiger partial charge in [0, 0.05) is 24.6 Å². The van der Waals surface area contributed by atoms with Crippen LogP contribution in [0.15, 0.2) is 36.8 Å². The molecule has 1 aliphatic rings. The highest BCUT2D eigenvalue weighted by Crippen LogP contribution is 2.35. The fourth-order valence-electron chi connectivity index (χ4n) is 2.94. The highest BCUT2D eigenvalue weighted by atomic mass is 16.4. The molecular weight excluding hydrogens is 266 g/mol. The zero-order valence-electron chi connectivity index (χ0n) is 11.9. The molecule has 0 amide bonds. The minimum atomic E-state index is -0.860. The molecule has 1 aliphatic heterocycles. The van der Waals surface area contributed by atoms with Crippen LogP contribution in [0.5, 0.6) is 0 Å². The molecule has 1 aromatic heterocycles. The van der Waals surface area contributed by atoms with E-state index in [4.69, 9.17) is 0 Å². The van der Waals surface area contributed by atoms with Gasteiger partial charge in [0.05, 0.1) is 23.5 Å². The number of carbonyl (C=O) groups is 1. The first-order chi connectivity index (χ1) is 10.2. The topological polar surface area (TPSA) is 66.3 Å². The molecule has 108 valence electrons. The van der Waals surface area contributed by atoms with Crippen LogP contribution in [0.25, 0.3) is 0 Å². The van der Waals surface area contributed by atoms with E-state index in [1.807, 2.05) is 12.1 Å². The number of anilines is 1. The zero-order chi connectivity index (χ0) is 14.8. The molecule has 5 nitrogen and oxygen atoms in total. The molecule has 0 saturated heterocycles. The van der Waals surface area contributed by atoms with Crippen LogP contribution in [-0.2, 0) is 6.42 Å². The first-order valence-electron chi connectivity index (χ1n) is 7.06. The SMILES string of the molecule is CC(c1cnccn1)N1CCCc2c(C(=O)O)cccc21. The second-order valence-corrected chi connectivity index (χ2v) is 5.21. The minimum absolute atomic E-state index is 0.0711. The summed E-state index contributed by atoms with van der Waals surface area (Å²) >= 11 is 0. The summed E-state index contributed by atoms with van der Waals surface area (Å²) in [7, 11) is 0. The molecule has 5 heteroatoms. The van der Waals surface area contributed by atoms with Crippen molar-refractivity contribution in [2.75, 3.05) is 11.4 Å². The molecule has 0 radical (unpaired) electrons. The number of hydrogen-bond acceptors (Lipinski definition) is 4. The second kappa shape index (κ2) is 5.52. The molecule has 0 fully saturated rings. The maximum Gasteiger partial charge on any atom is 0.336 e. The normalized spacial score (nSPS) is 15.4. The Morgan fingerprint density at radius 2 is 2.24 bits per heavy atom. The number of aromatic carboxylic acids is 1. The summed E-state index contributed by atoms with van der Waals surface area (Å²) in [6.07, 6.45) is 6.86. The van der Waals surface area contributed by atoms with Gasteiger partial charge in [0.2, 0.25) is 0 Å². The van der Waals surface area contributed by atoms with Crippen LogP contribution in [-0.4, -0.2) is 27.6 Å². The number of carboxylic acids is 1. The largest absolute Gasteiger partial charge is 0.478 e. The Balaban J connectivity index is 2.01. The first kappa shape index (κ1) is 13.5. The van der Waals surface area contributed by atoms with Gasteiger partial charge in [-0.3, -0.25) is 9.97 Å².